The van der Waals surface area contributed by atoms with Crippen molar-refractivity contribution in [3.05, 3.63) is 18.2 Å². The van der Waals surface area contributed by atoms with Crippen LogP contribution in [-0.4, -0.2) is 33.8 Å². The first kappa shape index (κ1) is 17.8. The highest BCUT2D eigenvalue weighted by atomic mass is 16.6. The second-order valence-electron chi connectivity index (χ2n) is 7.23. The van der Waals surface area contributed by atoms with E-state index in [1.807, 2.05) is 33.3 Å². The molecule has 0 bridgehead atoms. The van der Waals surface area contributed by atoms with Crippen molar-refractivity contribution < 1.29 is 9.53 Å². The molecule has 1 saturated carbocycles. The number of hydrogen-bond acceptors (Lipinski definition) is 4. The van der Waals surface area contributed by atoms with Gasteiger partial charge in [-0.25, -0.2) is 9.78 Å². The van der Waals surface area contributed by atoms with Crippen LogP contribution in [0.15, 0.2) is 12.5 Å². The summed E-state index contributed by atoms with van der Waals surface area (Å²) in [6.07, 6.45) is 6.95. The zero-order valence-corrected chi connectivity index (χ0v) is 14.8. The lowest BCUT2D eigenvalue weighted by Gasteiger charge is -2.24. The normalized spacial score (nSPS) is 21.4. The van der Waals surface area contributed by atoms with Crippen molar-refractivity contribution in [2.45, 2.75) is 71.7 Å². The predicted molar refractivity (Wildman–Crippen MR) is 90.1 cm³/mol. The maximum absolute atomic E-state index is 11.8. The molecule has 1 aliphatic carbocycles. The molecule has 23 heavy (non-hydrogen) atoms. The Morgan fingerprint density at radius 3 is 2.91 bits per heavy atom. The van der Waals surface area contributed by atoms with Gasteiger partial charge < -0.3 is 19.9 Å². The van der Waals surface area contributed by atoms with E-state index >= 15 is 0 Å². The minimum Gasteiger partial charge on any atom is -0.444 e. The van der Waals surface area contributed by atoms with E-state index in [-0.39, 0.29) is 6.09 Å². The monoisotopic (exact) mass is 322 g/mol. The van der Waals surface area contributed by atoms with Crippen molar-refractivity contribution in [1.82, 2.24) is 20.2 Å². The van der Waals surface area contributed by atoms with Gasteiger partial charge in [-0.3, -0.25) is 0 Å². The summed E-state index contributed by atoms with van der Waals surface area (Å²) in [4.78, 5) is 16.0. The van der Waals surface area contributed by atoms with Crippen LogP contribution in [0.3, 0.4) is 0 Å². The molecule has 0 radical (unpaired) electrons. The molecule has 6 heteroatoms. The zero-order chi connectivity index (χ0) is 16.9. The maximum atomic E-state index is 11.8. The molecule has 2 unspecified atom stereocenters. The molecule has 1 aromatic heterocycles. The minimum absolute atomic E-state index is 0.327. The summed E-state index contributed by atoms with van der Waals surface area (Å²) in [6.45, 7) is 10.2. The highest BCUT2D eigenvalue weighted by molar-refractivity contribution is 5.67. The fraction of sp³-hybridized carbons (Fsp3) is 0.765. The molecular weight excluding hydrogens is 292 g/mol. The van der Waals surface area contributed by atoms with E-state index in [2.05, 4.69) is 27.1 Å². The Balaban J connectivity index is 1.78. The van der Waals surface area contributed by atoms with Crippen LogP contribution >= 0.6 is 0 Å². The third-order valence-electron chi connectivity index (χ3n) is 4.25. The van der Waals surface area contributed by atoms with Gasteiger partial charge in [0, 0.05) is 31.9 Å². The van der Waals surface area contributed by atoms with Gasteiger partial charge in [-0.15, -0.1) is 0 Å². The number of hydrogen-bond donors (Lipinski definition) is 2. The Labute approximate surface area is 139 Å². The van der Waals surface area contributed by atoms with Gasteiger partial charge in [0.15, 0.2) is 0 Å². The van der Waals surface area contributed by atoms with E-state index in [4.69, 9.17) is 4.74 Å². The summed E-state index contributed by atoms with van der Waals surface area (Å²) < 4.78 is 7.45. The van der Waals surface area contributed by atoms with Crippen LogP contribution in [0.2, 0.25) is 0 Å². The van der Waals surface area contributed by atoms with Crippen molar-refractivity contribution in [3.63, 3.8) is 0 Å². The maximum Gasteiger partial charge on any atom is 0.407 e. The van der Waals surface area contributed by atoms with E-state index < -0.39 is 5.60 Å². The van der Waals surface area contributed by atoms with Crippen LogP contribution in [0.1, 0.15) is 52.7 Å². The summed E-state index contributed by atoms with van der Waals surface area (Å²) in [5.74, 6) is 0.459. The largest absolute Gasteiger partial charge is 0.444 e. The van der Waals surface area contributed by atoms with Crippen molar-refractivity contribution in [3.8, 4) is 0 Å². The molecule has 0 saturated heterocycles. The van der Waals surface area contributed by atoms with Crippen molar-refractivity contribution >= 4 is 6.09 Å². The zero-order valence-electron chi connectivity index (χ0n) is 14.8. The molecule has 6 nitrogen and oxygen atoms in total. The van der Waals surface area contributed by atoms with Gasteiger partial charge in [-0.05, 0) is 46.5 Å². The molecule has 0 aromatic carbocycles. The van der Waals surface area contributed by atoms with E-state index in [1.54, 1.807) is 0 Å². The number of rotatable bonds is 6. The third kappa shape index (κ3) is 5.53. The number of alkyl carbamates (subject to hydrolysis) is 1. The molecule has 2 N–H and O–H groups in total. The smallest absolute Gasteiger partial charge is 0.407 e. The third-order valence-corrected chi connectivity index (χ3v) is 4.25. The summed E-state index contributed by atoms with van der Waals surface area (Å²) in [7, 11) is 0. The van der Waals surface area contributed by atoms with Crippen LogP contribution < -0.4 is 10.6 Å². The second-order valence-corrected chi connectivity index (χ2v) is 7.23. The lowest BCUT2D eigenvalue weighted by atomic mass is 10.0. The Morgan fingerprint density at radius 1 is 1.43 bits per heavy atom. The predicted octanol–water partition coefficient (Wildman–Crippen LogP) is 2.69. The number of aromatic nitrogens is 2. The number of carbonyl (C=O) groups excluding carboxylic acids is 1. The average Bonchev–Trinajstić information content (AvgIpc) is 3.09. The summed E-state index contributed by atoms with van der Waals surface area (Å²) in [5.41, 5.74) is 0.758. The molecule has 2 rings (SSSR count). The van der Waals surface area contributed by atoms with Crippen molar-refractivity contribution in [1.29, 1.82) is 0 Å². The van der Waals surface area contributed by atoms with Crippen molar-refractivity contribution in [2.75, 3.05) is 6.54 Å². The first-order valence-electron chi connectivity index (χ1n) is 8.58. The summed E-state index contributed by atoms with van der Waals surface area (Å²) in [5, 5.41) is 6.54. The summed E-state index contributed by atoms with van der Waals surface area (Å²) in [6, 6.07) is 0.435. The first-order chi connectivity index (χ1) is 10.9. The SMILES string of the molecule is CCn1cncc1CNC1CCCC1CNC(=O)OC(C)(C)C. The molecule has 130 valence electrons. The molecule has 1 heterocycles. The van der Waals surface area contributed by atoms with E-state index in [0.29, 0.717) is 18.5 Å². The standard InChI is InChI=1S/C17H30N4O2/c1-5-21-12-18-10-14(21)11-19-15-8-6-7-13(15)9-20-16(22)23-17(2,3)4/h10,12-13,15,19H,5-9,11H2,1-4H3,(H,20,22). The lowest BCUT2D eigenvalue weighted by molar-refractivity contribution is 0.0517. The minimum atomic E-state index is -0.448. The van der Waals surface area contributed by atoms with Gasteiger partial charge in [0.2, 0.25) is 0 Å². The number of imidazole rings is 1. The molecule has 1 aromatic rings. The fourth-order valence-corrected chi connectivity index (χ4v) is 3.09. The first-order valence-corrected chi connectivity index (χ1v) is 8.58. The molecule has 1 fully saturated rings. The number of nitrogens with zero attached hydrogens (tertiary/aromatic N) is 2. The average molecular weight is 322 g/mol. The van der Waals surface area contributed by atoms with Crippen LogP contribution in [0.4, 0.5) is 4.79 Å². The number of carbonyl (C=O) groups is 1. The molecule has 1 aliphatic rings. The number of amides is 1. The van der Waals surface area contributed by atoms with Gasteiger partial charge in [-0.2, -0.15) is 0 Å². The molecule has 0 aliphatic heterocycles. The van der Waals surface area contributed by atoms with Crippen LogP contribution in [-0.2, 0) is 17.8 Å². The van der Waals surface area contributed by atoms with E-state index in [1.165, 1.54) is 12.1 Å². The Morgan fingerprint density at radius 2 is 2.22 bits per heavy atom. The Kier molecular flexibility index (Phi) is 6.04. The molecular formula is C17H30N4O2. The number of ether oxygens (including phenoxy) is 1. The van der Waals surface area contributed by atoms with Gasteiger partial charge >= 0.3 is 6.09 Å². The highest BCUT2D eigenvalue weighted by Crippen LogP contribution is 2.25. The topological polar surface area (TPSA) is 68.2 Å². The van der Waals surface area contributed by atoms with Crippen LogP contribution in [0.25, 0.3) is 0 Å². The van der Waals surface area contributed by atoms with Gasteiger partial charge in [0.1, 0.15) is 5.60 Å². The lowest BCUT2D eigenvalue weighted by Crippen LogP contribution is -2.41. The van der Waals surface area contributed by atoms with Gasteiger partial charge in [0.25, 0.3) is 0 Å². The number of aryl methyl sites for hydroxylation is 1. The van der Waals surface area contributed by atoms with E-state index in [0.717, 1.165) is 25.9 Å². The number of nitrogens with one attached hydrogen (secondary N) is 2. The van der Waals surface area contributed by atoms with Crippen LogP contribution in [0, 0.1) is 5.92 Å². The van der Waals surface area contributed by atoms with Crippen LogP contribution in [0.5, 0.6) is 0 Å². The summed E-state index contributed by atoms with van der Waals surface area (Å²) >= 11 is 0. The molecule has 1 amide bonds. The van der Waals surface area contributed by atoms with Gasteiger partial charge in [0.05, 0.1) is 12.0 Å². The van der Waals surface area contributed by atoms with Crippen molar-refractivity contribution in [2.24, 2.45) is 5.92 Å². The molecule has 0 spiro atoms. The van der Waals surface area contributed by atoms with E-state index in [9.17, 15) is 4.79 Å². The second kappa shape index (κ2) is 7.81. The highest BCUT2D eigenvalue weighted by Gasteiger charge is 2.28. The fourth-order valence-electron chi connectivity index (χ4n) is 3.09. The quantitative estimate of drug-likeness (QED) is 0.845. The Hall–Kier alpha value is -1.56. The Bertz CT molecular complexity index is 507. The molecule has 2 atom stereocenters. The van der Waals surface area contributed by atoms with Gasteiger partial charge in [-0.1, -0.05) is 6.42 Å².